The highest BCUT2D eigenvalue weighted by Gasteiger charge is 2.30. The minimum atomic E-state index is -0.0863. The molecule has 0 radical (unpaired) electrons. The molecule has 11 heteroatoms. The second-order valence-corrected chi connectivity index (χ2v) is 10.5. The van der Waals surface area contributed by atoms with E-state index in [9.17, 15) is 4.79 Å². The molecule has 2 aromatic carbocycles. The Bertz CT molecular complexity index is 1510. The summed E-state index contributed by atoms with van der Waals surface area (Å²) in [6.07, 6.45) is 5.55. The van der Waals surface area contributed by atoms with E-state index in [2.05, 4.69) is 37.2 Å². The second-order valence-electron chi connectivity index (χ2n) is 10.5. The zero-order valence-electron chi connectivity index (χ0n) is 23.9. The third-order valence-electron chi connectivity index (χ3n) is 7.51. The number of aryl methyl sites for hydroxylation is 1. The van der Waals surface area contributed by atoms with Crippen molar-refractivity contribution in [2.45, 2.75) is 32.5 Å². The van der Waals surface area contributed by atoms with E-state index in [0.717, 1.165) is 59.5 Å². The van der Waals surface area contributed by atoms with Crippen LogP contribution in [-0.2, 0) is 17.9 Å². The predicted molar refractivity (Wildman–Crippen MR) is 157 cm³/mol. The SMILES string of the molecule is COc1ccc(CNC(=O)CC2CN(Cc3ccc4c(c3)OCCO4)CCN2c2cc(C)nc(-n3ccnc3)n2)cc1. The van der Waals surface area contributed by atoms with Crippen LogP contribution < -0.4 is 24.4 Å². The average Bonchev–Trinajstić information content (AvgIpc) is 3.56. The number of amides is 1. The highest BCUT2D eigenvalue weighted by atomic mass is 16.6. The number of benzene rings is 2. The van der Waals surface area contributed by atoms with Crippen molar-refractivity contribution < 1.29 is 19.0 Å². The van der Waals surface area contributed by atoms with Gasteiger partial charge >= 0.3 is 0 Å². The first-order chi connectivity index (χ1) is 20.5. The maximum atomic E-state index is 13.3. The van der Waals surface area contributed by atoms with E-state index >= 15 is 0 Å². The summed E-state index contributed by atoms with van der Waals surface area (Å²) in [6, 6.07) is 15.7. The topological polar surface area (TPSA) is 107 Å². The normalized spacial score (nSPS) is 16.7. The van der Waals surface area contributed by atoms with Crippen LogP contribution in [0.2, 0.25) is 0 Å². The summed E-state index contributed by atoms with van der Waals surface area (Å²) in [6.45, 7) is 6.53. The van der Waals surface area contributed by atoms with Gasteiger partial charge in [-0.15, -0.1) is 0 Å². The first-order valence-electron chi connectivity index (χ1n) is 14.2. The molecule has 0 bridgehead atoms. The Labute approximate surface area is 245 Å². The number of imidazole rings is 1. The maximum absolute atomic E-state index is 13.3. The fourth-order valence-electron chi connectivity index (χ4n) is 5.39. The first kappa shape index (κ1) is 27.5. The summed E-state index contributed by atoms with van der Waals surface area (Å²) >= 11 is 0. The van der Waals surface area contributed by atoms with Gasteiger partial charge in [-0.25, -0.2) is 9.97 Å². The molecular weight excluding hydrogens is 534 g/mol. The highest BCUT2D eigenvalue weighted by molar-refractivity contribution is 5.77. The average molecular weight is 570 g/mol. The molecule has 1 N–H and O–H groups in total. The van der Waals surface area contributed by atoms with E-state index in [1.165, 1.54) is 0 Å². The van der Waals surface area contributed by atoms with Gasteiger partial charge in [0.15, 0.2) is 11.5 Å². The van der Waals surface area contributed by atoms with Crippen molar-refractivity contribution in [3.05, 3.63) is 84.1 Å². The van der Waals surface area contributed by atoms with Crippen LogP contribution in [0, 0.1) is 6.92 Å². The molecule has 0 aliphatic carbocycles. The molecular formula is C31H35N7O4. The van der Waals surface area contributed by atoms with E-state index < -0.39 is 0 Å². The van der Waals surface area contributed by atoms with Crippen LogP contribution >= 0.6 is 0 Å². The summed E-state index contributed by atoms with van der Waals surface area (Å²) in [5, 5.41) is 3.10. The summed E-state index contributed by atoms with van der Waals surface area (Å²) in [5.41, 5.74) is 3.02. The summed E-state index contributed by atoms with van der Waals surface area (Å²) in [5.74, 6) is 3.71. The number of carbonyl (C=O) groups is 1. The van der Waals surface area contributed by atoms with Crippen LogP contribution in [0.4, 0.5) is 5.82 Å². The smallest absolute Gasteiger partial charge is 0.237 e. The number of fused-ring (bicyclic) bond motifs is 1. The fraction of sp³-hybridized carbons (Fsp3) is 0.355. The molecule has 1 atom stereocenters. The van der Waals surface area contributed by atoms with Crippen molar-refractivity contribution in [3.8, 4) is 23.2 Å². The number of anilines is 1. The number of nitrogens with zero attached hydrogens (tertiary/aromatic N) is 6. The van der Waals surface area contributed by atoms with E-state index in [4.69, 9.17) is 19.2 Å². The van der Waals surface area contributed by atoms with Crippen molar-refractivity contribution in [3.63, 3.8) is 0 Å². The molecule has 2 aromatic heterocycles. The minimum Gasteiger partial charge on any atom is -0.497 e. The predicted octanol–water partition coefficient (Wildman–Crippen LogP) is 3.15. The number of ether oxygens (including phenoxy) is 3. The third kappa shape index (κ3) is 6.46. The van der Waals surface area contributed by atoms with Gasteiger partial charge in [0, 0.05) is 63.3 Å². The van der Waals surface area contributed by atoms with Crippen molar-refractivity contribution in [2.24, 2.45) is 0 Å². The Morgan fingerprint density at radius 1 is 1.02 bits per heavy atom. The lowest BCUT2D eigenvalue weighted by Crippen LogP contribution is -2.54. The zero-order valence-corrected chi connectivity index (χ0v) is 23.9. The van der Waals surface area contributed by atoms with Crippen molar-refractivity contribution in [2.75, 3.05) is 44.9 Å². The van der Waals surface area contributed by atoms with Gasteiger partial charge in [0.2, 0.25) is 11.9 Å². The molecule has 1 fully saturated rings. The van der Waals surface area contributed by atoms with Gasteiger partial charge in [0.1, 0.15) is 31.1 Å². The van der Waals surface area contributed by atoms with Crippen molar-refractivity contribution in [1.29, 1.82) is 0 Å². The van der Waals surface area contributed by atoms with Crippen molar-refractivity contribution >= 4 is 11.7 Å². The molecule has 1 amide bonds. The first-order valence-corrected chi connectivity index (χ1v) is 14.2. The van der Waals surface area contributed by atoms with Crippen LogP contribution in [0.5, 0.6) is 17.2 Å². The molecule has 4 heterocycles. The lowest BCUT2D eigenvalue weighted by molar-refractivity contribution is -0.121. The standard InChI is InChI=1S/C31H35N7O4/c1-22-15-29(35-31(34-22)37-10-9-32-21-37)38-12-11-36(19-24-5-8-27-28(16-24)42-14-13-41-27)20-25(38)17-30(39)33-18-23-3-6-26(40-2)7-4-23/h3-10,15-16,21,25H,11-14,17-20H2,1-2H3,(H,33,39). The number of nitrogens with one attached hydrogen (secondary N) is 1. The Kier molecular flexibility index (Phi) is 8.18. The van der Waals surface area contributed by atoms with Gasteiger partial charge in [0.25, 0.3) is 0 Å². The molecule has 2 aliphatic heterocycles. The number of carbonyl (C=O) groups excluding carboxylic acids is 1. The van der Waals surface area contributed by atoms with Crippen molar-refractivity contribution in [1.82, 2.24) is 29.7 Å². The summed E-state index contributed by atoms with van der Waals surface area (Å²) in [7, 11) is 1.64. The van der Waals surface area contributed by atoms with Crippen LogP contribution in [0.15, 0.2) is 67.3 Å². The quantitative estimate of drug-likeness (QED) is 0.325. The van der Waals surface area contributed by atoms with Crippen LogP contribution in [0.25, 0.3) is 5.95 Å². The molecule has 0 spiro atoms. The second kappa shape index (κ2) is 12.5. The van der Waals surface area contributed by atoms with Gasteiger partial charge < -0.3 is 24.4 Å². The minimum absolute atomic E-state index is 0.0115. The van der Waals surface area contributed by atoms with Gasteiger partial charge in [0.05, 0.1) is 13.2 Å². The van der Waals surface area contributed by atoms with Gasteiger partial charge in [-0.2, -0.15) is 4.98 Å². The molecule has 42 heavy (non-hydrogen) atoms. The monoisotopic (exact) mass is 569 g/mol. The molecule has 1 saturated heterocycles. The van der Waals surface area contributed by atoms with E-state index in [-0.39, 0.29) is 11.9 Å². The Balaban J connectivity index is 1.19. The highest BCUT2D eigenvalue weighted by Crippen LogP contribution is 2.32. The molecule has 1 unspecified atom stereocenters. The van der Waals surface area contributed by atoms with Crippen LogP contribution in [0.3, 0.4) is 0 Å². The molecule has 0 saturated carbocycles. The number of hydrogen-bond donors (Lipinski definition) is 1. The molecule has 218 valence electrons. The van der Waals surface area contributed by atoms with E-state index in [1.807, 2.05) is 49.5 Å². The maximum Gasteiger partial charge on any atom is 0.237 e. The number of rotatable bonds is 9. The Morgan fingerprint density at radius 3 is 2.62 bits per heavy atom. The number of piperazine rings is 1. The van der Waals surface area contributed by atoms with Crippen LogP contribution in [-0.4, -0.2) is 76.3 Å². The molecule has 2 aliphatic rings. The summed E-state index contributed by atoms with van der Waals surface area (Å²) < 4.78 is 18.5. The number of methoxy groups -OCH3 is 1. The van der Waals surface area contributed by atoms with Gasteiger partial charge in [-0.3, -0.25) is 14.3 Å². The summed E-state index contributed by atoms with van der Waals surface area (Å²) in [4.78, 5) is 31.5. The largest absolute Gasteiger partial charge is 0.497 e. The fourth-order valence-corrected chi connectivity index (χ4v) is 5.39. The molecule has 4 aromatic rings. The lowest BCUT2D eigenvalue weighted by atomic mass is 10.1. The Hall–Kier alpha value is -4.64. The number of aromatic nitrogens is 4. The van der Waals surface area contributed by atoms with E-state index in [0.29, 0.717) is 38.7 Å². The van der Waals surface area contributed by atoms with E-state index in [1.54, 1.807) is 24.2 Å². The van der Waals surface area contributed by atoms with Crippen LogP contribution in [0.1, 0.15) is 23.2 Å². The number of hydrogen-bond acceptors (Lipinski definition) is 9. The van der Waals surface area contributed by atoms with Gasteiger partial charge in [-0.1, -0.05) is 18.2 Å². The molecule has 6 rings (SSSR count). The van der Waals surface area contributed by atoms with Gasteiger partial charge in [-0.05, 0) is 42.3 Å². The lowest BCUT2D eigenvalue weighted by Gasteiger charge is -2.42. The zero-order chi connectivity index (χ0) is 28.9. The third-order valence-corrected chi connectivity index (χ3v) is 7.51. The molecule has 11 nitrogen and oxygen atoms in total. The Morgan fingerprint density at radius 2 is 1.83 bits per heavy atom.